The molecule has 1 N–H and O–H groups in total. The van der Waals surface area contributed by atoms with Crippen molar-refractivity contribution in [3.05, 3.63) is 12.2 Å². The van der Waals surface area contributed by atoms with Crippen LogP contribution < -0.4 is 0 Å². The van der Waals surface area contributed by atoms with Crippen molar-refractivity contribution in [3.8, 4) is 0 Å². The molecule has 6 atom stereocenters. The molecule has 2 heteroatoms. The molecule has 3 aliphatic rings. The van der Waals surface area contributed by atoms with Crippen molar-refractivity contribution in [1.82, 2.24) is 0 Å². The first kappa shape index (κ1) is 11.5. The maximum Gasteiger partial charge on any atom is 0.155 e. The van der Waals surface area contributed by atoms with Crippen molar-refractivity contribution in [2.45, 2.75) is 45.6 Å². The molecule has 3 aliphatic carbocycles. The maximum absolute atomic E-state index is 11.7. The zero-order valence-corrected chi connectivity index (χ0v) is 10.9. The van der Waals surface area contributed by atoms with Gasteiger partial charge in [0, 0.05) is 6.42 Å². The van der Waals surface area contributed by atoms with Gasteiger partial charge in [-0.2, -0.15) is 0 Å². The number of carbonyl (C=O) groups is 1. The van der Waals surface area contributed by atoms with E-state index in [-0.39, 0.29) is 11.2 Å². The summed E-state index contributed by atoms with van der Waals surface area (Å²) in [6.07, 6.45) is 6.48. The molecule has 2 bridgehead atoms. The fourth-order valence-electron chi connectivity index (χ4n) is 4.97. The first-order valence-corrected chi connectivity index (χ1v) is 6.80. The molecule has 0 radical (unpaired) electrons. The number of hydrogen-bond donors (Lipinski definition) is 1. The summed E-state index contributed by atoms with van der Waals surface area (Å²) in [6, 6.07) is 0. The lowest BCUT2D eigenvalue weighted by molar-refractivity contribution is -0.119. The van der Waals surface area contributed by atoms with Gasteiger partial charge in [0.25, 0.3) is 0 Å². The van der Waals surface area contributed by atoms with Gasteiger partial charge in [0.05, 0.1) is 5.60 Å². The molecule has 2 fully saturated rings. The number of ketones is 1. The SMILES string of the molecule is CC1C2CC(=O)C=CC23CC([C@@H]1C)C(C)(O)C3. The Balaban J connectivity index is 2.08. The van der Waals surface area contributed by atoms with Gasteiger partial charge in [-0.3, -0.25) is 4.79 Å². The largest absolute Gasteiger partial charge is 0.390 e. The second-order valence-corrected chi connectivity index (χ2v) is 6.91. The summed E-state index contributed by atoms with van der Waals surface area (Å²) >= 11 is 0. The van der Waals surface area contributed by atoms with E-state index in [0.717, 1.165) is 12.8 Å². The van der Waals surface area contributed by atoms with Crippen LogP contribution in [0.4, 0.5) is 0 Å². The Bertz CT molecular complexity index is 396. The van der Waals surface area contributed by atoms with Crippen LogP contribution in [0.25, 0.3) is 0 Å². The molecule has 17 heavy (non-hydrogen) atoms. The van der Waals surface area contributed by atoms with E-state index in [0.29, 0.717) is 30.1 Å². The lowest BCUT2D eigenvalue weighted by Gasteiger charge is -2.47. The molecule has 0 amide bonds. The highest BCUT2D eigenvalue weighted by atomic mass is 16.3. The quantitative estimate of drug-likeness (QED) is 0.699. The maximum atomic E-state index is 11.7. The Labute approximate surface area is 103 Å². The molecule has 0 aromatic heterocycles. The predicted octanol–water partition coefficient (Wildman–Crippen LogP) is 2.56. The van der Waals surface area contributed by atoms with Gasteiger partial charge in [-0.25, -0.2) is 0 Å². The average molecular weight is 234 g/mol. The van der Waals surface area contributed by atoms with Crippen LogP contribution >= 0.6 is 0 Å². The zero-order chi connectivity index (χ0) is 12.4. The van der Waals surface area contributed by atoms with Gasteiger partial charge in [-0.1, -0.05) is 19.9 Å². The summed E-state index contributed by atoms with van der Waals surface area (Å²) in [7, 11) is 0. The molecule has 2 nitrogen and oxygen atoms in total. The summed E-state index contributed by atoms with van der Waals surface area (Å²) in [4.78, 5) is 11.7. The van der Waals surface area contributed by atoms with Gasteiger partial charge in [0.15, 0.2) is 5.78 Å². The standard InChI is InChI=1S/C15H22O2/c1-9-10(2)13-7-15(8-14(13,3)17)5-4-11(16)6-12(9)15/h4-5,9-10,12-13,17H,6-8H2,1-3H3/t9?,10-,12?,13?,14?,15?/m1/s1. The van der Waals surface area contributed by atoms with Crippen LogP contribution in [0.1, 0.15) is 40.0 Å². The highest BCUT2D eigenvalue weighted by Gasteiger charge is 2.61. The van der Waals surface area contributed by atoms with Crippen molar-refractivity contribution < 1.29 is 9.90 Å². The van der Waals surface area contributed by atoms with Crippen LogP contribution in [0.15, 0.2) is 12.2 Å². The van der Waals surface area contributed by atoms with E-state index in [9.17, 15) is 9.90 Å². The van der Waals surface area contributed by atoms with E-state index < -0.39 is 5.60 Å². The van der Waals surface area contributed by atoms with Crippen molar-refractivity contribution in [1.29, 1.82) is 0 Å². The Hall–Kier alpha value is -0.630. The molecular weight excluding hydrogens is 212 g/mol. The van der Waals surface area contributed by atoms with Crippen molar-refractivity contribution in [2.24, 2.45) is 29.1 Å². The molecule has 2 saturated carbocycles. The molecular formula is C15H22O2. The summed E-state index contributed by atoms with van der Waals surface area (Å²) < 4.78 is 0. The number of hydrogen-bond acceptors (Lipinski definition) is 2. The summed E-state index contributed by atoms with van der Waals surface area (Å²) in [5, 5.41) is 10.6. The number of fused-ring (bicyclic) bond motifs is 1. The van der Waals surface area contributed by atoms with Crippen LogP contribution in [-0.4, -0.2) is 16.5 Å². The van der Waals surface area contributed by atoms with E-state index >= 15 is 0 Å². The number of allylic oxidation sites excluding steroid dienone is 2. The Morgan fingerprint density at radius 1 is 1.29 bits per heavy atom. The lowest BCUT2D eigenvalue weighted by Crippen LogP contribution is -2.43. The molecule has 94 valence electrons. The molecule has 0 heterocycles. The molecule has 0 aromatic carbocycles. The molecule has 3 rings (SSSR count). The summed E-state index contributed by atoms with van der Waals surface area (Å²) in [5.41, 5.74) is -0.443. The summed E-state index contributed by atoms with van der Waals surface area (Å²) in [6.45, 7) is 6.51. The third kappa shape index (κ3) is 1.40. The normalized spacial score (nSPS) is 57.1. The van der Waals surface area contributed by atoms with Crippen molar-refractivity contribution >= 4 is 5.78 Å². The minimum Gasteiger partial charge on any atom is -0.390 e. The van der Waals surface area contributed by atoms with E-state index in [1.165, 1.54) is 0 Å². The summed E-state index contributed by atoms with van der Waals surface area (Å²) in [5.74, 6) is 2.16. The fourth-order valence-corrected chi connectivity index (χ4v) is 4.97. The van der Waals surface area contributed by atoms with Crippen LogP contribution in [0.2, 0.25) is 0 Å². The Morgan fingerprint density at radius 2 is 1.94 bits per heavy atom. The second kappa shape index (κ2) is 3.23. The third-order valence-corrected chi connectivity index (χ3v) is 5.95. The topological polar surface area (TPSA) is 37.3 Å². The van der Waals surface area contributed by atoms with Crippen LogP contribution in [0, 0.1) is 29.1 Å². The van der Waals surface area contributed by atoms with Crippen LogP contribution in [0.3, 0.4) is 0 Å². The first-order valence-electron chi connectivity index (χ1n) is 6.80. The molecule has 0 saturated heterocycles. The highest BCUT2D eigenvalue weighted by Crippen LogP contribution is 2.64. The highest BCUT2D eigenvalue weighted by molar-refractivity contribution is 5.91. The number of rotatable bonds is 0. The second-order valence-electron chi connectivity index (χ2n) is 6.91. The van der Waals surface area contributed by atoms with Gasteiger partial charge in [0.1, 0.15) is 0 Å². The molecule has 0 aromatic rings. The van der Waals surface area contributed by atoms with E-state index in [4.69, 9.17) is 0 Å². The molecule has 5 unspecified atom stereocenters. The lowest BCUT2D eigenvalue weighted by atomic mass is 9.56. The van der Waals surface area contributed by atoms with Crippen molar-refractivity contribution in [3.63, 3.8) is 0 Å². The van der Waals surface area contributed by atoms with Gasteiger partial charge in [0.2, 0.25) is 0 Å². The van der Waals surface area contributed by atoms with Crippen LogP contribution in [-0.2, 0) is 4.79 Å². The monoisotopic (exact) mass is 234 g/mol. The van der Waals surface area contributed by atoms with E-state index in [1.807, 2.05) is 6.92 Å². The average Bonchev–Trinajstić information content (AvgIpc) is 2.49. The third-order valence-electron chi connectivity index (χ3n) is 5.95. The molecule has 0 aliphatic heterocycles. The van der Waals surface area contributed by atoms with E-state index in [2.05, 4.69) is 19.9 Å². The van der Waals surface area contributed by atoms with Gasteiger partial charge >= 0.3 is 0 Å². The minimum absolute atomic E-state index is 0.105. The molecule has 1 spiro atoms. The fraction of sp³-hybridized carbons (Fsp3) is 0.800. The zero-order valence-electron chi connectivity index (χ0n) is 10.9. The number of carbonyl (C=O) groups excluding carboxylic acids is 1. The predicted molar refractivity (Wildman–Crippen MR) is 66.4 cm³/mol. The van der Waals surface area contributed by atoms with Crippen molar-refractivity contribution in [2.75, 3.05) is 0 Å². The smallest absolute Gasteiger partial charge is 0.155 e. The number of aliphatic hydroxyl groups is 1. The minimum atomic E-state index is -0.548. The van der Waals surface area contributed by atoms with Gasteiger partial charge < -0.3 is 5.11 Å². The Morgan fingerprint density at radius 3 is 2.65 bits per heavy atom. The van der Waals surface area contributed by atoms with E-state index in [1.54, 1.807) is 6.08 Å². The van der Waals surface area contributed by atoms with Gasteiger partial charge in [-0.05, 0) is 54.9 Å². The van der Waals surface area contributed by atoms with Gasteiger partial charge in [-0.15, -0.1) is 0 Å². The van der Waals surface area contributed by atoms with Crippen LogP contribution in [0.5, 0.6) is 0 Å². The first-order chi connectivity index (χ1) is 7.86. The Kier molecular flexibility index (Phi) is 2.17.